The number of hydrogen-bond acceptors (Lipinski definition) is 2. The molecule has 4 heteroatoms. The summed E-state index contributed by atoms with van der Waals surface area (Å²) in [7, 11) is 0. The smallest absolute Gasteiger partial charge is 0.251 e. The fraction of sp³-hybridized carbons (Fsp3) is 1.00. The molecule has 2 unspecified atom stereocenters. The van der Waals surface area contributed by atoms with Gasteiger partial charge < -0.3 is 5.32 Å². The molecule has 1 N–H and O–H groups in total. The molecule has 0 radical (unpaired) electrons. The van der Waals surface area contributed by atoms with Gasteiger partial charge in [0.1, 0.15) is 0 Å². The van der Waals surface area contributed by atoms with Crippen LogP contribution in [0.25, 0.3) is 0 Å². The van der Waals surface area contributed by atoms with E-state index in [0.29, 0.717) is 12.5 Å². The molecule has 0 spiro atoms. The number of halogens is 2. The molecule has 0 amide bonds. The molecule has 0 bridgehead atoms. The van der Waals surface area contributed by atoms with Gasteiger partial charge in [-0.15, -0.1) is 0 Å². The van der Waals surface area contributed by atoms with Gasteiger partial charge in [0.15, 0.2) is 0 Å². The van der Waals surface area contributed by atoms with Gasteiger partial charge in [0, 0.05) is 24.7 Å². The second-order valence-corrected chi connectivity index (χ2v) is 5.54. The maximum Gasteiger partial charge on any atom is 0.251 e. The SMILES string of the molecule is CCC(C)C1CNC(C)(C)CN1CC(F)F. The third kappa shape index (κ3) is 3.67. The van der Waals surface area contributed by atoms with Gasteiger partial charge in [-0.25, -0.2) is 8.78 Å². The lowest BCUT2D eigenvalue weighted by Gasteiger charge is -2.46. The molecule has 96 valence electrons. The second kappa shape index (κ2) is 5.41. The predicted molar refractivity (Wildman–Crippen MR) is 62.9 cm³/mol. The number of alkyl halides is 2. The first kappa shape index (κ1) is 13.8. The molecule has 2 atom stereocenters. The van der Waals surface area contributed by atoms with Gasteiger partial charge in [0.05, 0.1) is 6.54 Å². The summed E-state index contributed by atoms with van der Waals surface area (Å²) in [5.41, 5.74) is -0.0567. The average Bonchev–Trinajstić information content (AvgIpc) is 2.14. The van der Waals surface area contributed by atoms with E-state index in [-0.39, 0.29) is 18.1 Å². The molecule has 2 nitrogen and oxygen atoms in total. The van der Waals surface area contributed by atoms with Crippen molar-refractivity contribution in [1.82, 2.24) is 10.2 Å². The third-order valence-corrected chi connectivity index (χ3v) is 3.53. The van der Waals surface area contributed by atoms with E-state index in [0.717, 1.165) is 13.0 Å². The lowest BCUT2D eigenvalue weighted by atomic mass is 9.91. The van der Waals surface area contributed by atoms with E-state index in [4.69, 9.17) is 0 Å². The molecule has 1 aliphatic rings. The van der Waals surface area contributed by atoms with Crippen LogP contribution in [0.1, 0.15) is 34.1 Å². The highest BCUT2D eigenvalue weighted by atomic mass is 19.3. The summed E-state index contributed by atoms with van der Waals surface area (Å²) in [4.78, 5) is 1.95. The Morgan fingerprint density at radius 3 is 2.56 bits per heavy atom. The molecule has 1 rings (SSSR count). The van der Waals surface area contributed by atoms with Gasteiger partial charge in [-0.05, 0) is 19.8 Å². The maximum absolute atomic E-state index is 12.5. The first-order valence-electron chi connectivity index (χ1n) is 6.13. The molecule has 0 aromatic heterocycles. The van der Waals surface area contributed by atoms with Crippen molar-refractivity contribution in [2.24, 2.45) is 5.92 Å². The van der Waals surface area contributed by atoms with Gasteiger partial charge in [-0.3, -0.25) is 4.90 Å². The minimum Gasteiger partial charge on any atom is -0.309 e. The van der Waals surface area contributed by atoms with Crippen LogP contribution in [-0.4, -0.2) is 42.5 Å². The van der Waals surface area contributed by atoms with Crippen molar-refractivity contribution in [2.75, 3.05) is 19.6 Å². The standard InChI is InChI=1S/C12H24F2N2/c1-5-9(2)10-6-15-12(3,4)8-16(10)7-11(13)14/h9-11,15H,5-8H2,1-4H3. The van der Waals surface area contributed by atoms with Crippen molar-refractivity contribution in [3.8, 4) is 0 Å². The van der Waals surface area contributed by atoms with Crippen LogP contribution in [0.15, 0.2) is 0 Å². The number of rotatable bonds is 4. The summed E-state index contributed by atoms with van der Waals surface area (Å²) in [5, 5.41) is 3.44. The Hall–Kier alpha value is -0.220. The Morgan fingerprint density at radius 2 is 2.06 bits per heavy atom. The Kier molecular flexibility index (Phi) is 4.68. The van der Waals surface area contributed by atoms with Crippen LogP contribution in [0.5, 0.6) is 0 Å². The van der Waals surface area contributed by atoms with E-state index in [1.165, 1.54) is 0 Å². The maximum atomic E-state index is 12.5. The summed E-state index contributed by atoms with van der Waals surface area (Å²) < 4.78 is 25.1. The number of hydrogen-bond donors (Lipinski definition) is 1. The number of nitrogens with one attached hydrogen (secondary N) is 1. The predicted octanol–water partition coefficient (Wildman–Crippen LogP) is 2.35. The Morgan fingerprint density at radius 1 is 1.44 bits per heavy atom. The zero-order chi connectivity index (χ0) is 12.3. The van der Waals surface area contributed by atoms with Crippen LogP contribution in [0, 0.1) is 5.92 Å². The minimum atomic E-state index is -2.24. The fourth-order valence-corrected chi connectivity index (χ4v) is 2.40. The van der Waals surface area contributed by atoms with Crippen LogP contribution < -0.4 is 5.32 Å². The molecule has 1 saturated heterocycles. The van der Waals surface area contributed by atoms with Crippen molar-refractivity contribution in [2.45, 2.75) is 52.1 Å². The summed E-state index contributed by atoms with van der Waals surface area (Å²) >= 11 is 0. The first-order valence-corrected chi connectivity index (χ1v) is 6.13. The lowest BCUT2D eigenvalue weighted by Crippen LogP contribution is -2.63. The lowest BCUT2D eigenvalue weighted by molar-refractivity contribution is 0.0102. The van der Waals surface area contributed by atoms with E-state index in [1.807, 2.05) is 4.90 Å². The monoisotopic (exact) mass is 234 g/mol. The first-order chi connectivity index (χ1) is 7.35. The highest BCUT2D eigenvalue weighted by molar-refractivity contribution is 4.93. The molecule has 0 aliphatic carbocycles. The van der Waals surface area contributed by atoms with Crippen LogP contribution >= 0.6 is 0 Å². The highest BCUT2D eigenvalue weighted by Crippen LogP contribution is 2.22. The van der Waals surface area contributed by atoms with E-state index in [9.17, 15) is 8.78 Å². The van der Waals surface area contributed by atoms with Crippen molar-refractivity contribution in [3.05, 3.63) is 0 Å². The molecule has 1 heterocycles. The third-order valence-electron chi connectivity index (χ3n) is 3.53. The Labute approximate surface area is 97.4 Å². The van der Waals surface area contributed by atoms with E-state index in [1.54, 1.807) is 0 Å². The number of nitrogens with zero attached hydrogens (tertiary/aromatic N) is 1. The van der Waals surface area contributed by atoms with E-state index < -0.39 is 6.43 Å². The summed E-state index contributed by atoms with van der Waals surface area (Å²) in [6, 6.07) is 0.243. The molecule has 0 saturated carbocycles. The van der Waals surface area contributed by atoms with Crippen LogP contribution in [-0.2, 0) is 0 Å². The zero-order valence-corrected chi connectivity index (χ0v) is 10.8. The van der Waals surface area contributed by atoms with Crippen molar-refractivity contribution in [3.63, 3.8) is 0 Å². The average molecular weight is 234 g/mol. The number of piperazine rings is 1. The van der Waals surface area contributed by atoms with Crippen LogP contribution in [0.2, 0.25) is 0 Å². The van der Waals surface area contributed by atoms with Gasteiger partial charge >= 0.3 is 0 Å². The highest BCUT2D eigenvalue weighted by Gasteiger charge is 2.35. The second-order valence-electron chi connectivity index (χ2n) is 5.54. The van der Waals surface area contributed by atoms with Crippen LogP contribution in [0.3, 0.4) is 0 Å². The van der Waals surface area contributed by atoms with Crippen LogP contribution in [0.4, 0.5) is 8.78 Å². The van der Waals surface area contributed by atoms with Gasteiger partial charge in [0.25, 0.3) is 6.43 Å². The van der Waals surface area contributed by atoms with Gasteiger partial charge in [-0.1, -0.05) is 20.3 Å². The largest absolute Gasteiger partial charge is 0.309 e. The molecule has 0 aromatic rings. The van der Waals surface area contributed by atoms with Crippen molar-refractivity contribution >= 4 is 0 Å². The quantitative estimate of drug-likeness (QED) is 0.803. The molecule has 0 aromatic carbocycles. The summed E-state index contributed by atoms with van der Waals surface area (Å²) in [6.07, 6.45) is -1.20. The van der Waals surface area contributed by atoms with Crippen molar-refractivity contribution < 1.29 is 8.78 Å². The topological polar surface area (TPSA) is 15.3 Å². The fourth-order valence-electron chi connectivity index (χ4n) is 2.40. The minimum absolute atomic E-state index is 0.0567. The normalized spacial score (nSPS) is 28.3. The summed E-state index contributed by atoms with van der Waals surface area (Å²) in [6.45, 7) is 9.81. The Bertz CT molecular complexity index is 219. The Balaban J connectivity index is 2.67. The van der Waals surface area contributed by atoms with E-state index in [2.05, 4.69) is 33.0 Å². The van der Waals surface area contributed by atoms with Gasteiger partial charge in [-0.2, -0.15) is 0 Å². The molecule has 16 heavy (non-hydrogen) atoms. The van der Waals surface area contributed by atoms with Crippen molar-refractivity contribution in [1.29, 1.82) is 0 Å². The molecule has 1 fully saturated rings. The molecule has 1 aliphatic heterocycles. The molecular formula is C12H24F2N2. The zero-order valence-electron chi connectivity index (χ0n) is 10.8. The van der Waals surface area contributed by atoms with E-state index >= 15 is 0 Å². The van der Waals surface area contributed by atoms with Gasteiger partial charge in [0.2, 0.25) is 0 Å². The molecular weight excluding hydrogens is 210 g/mol. The summed E-state index contributed by atoms with van der Waals surface area (Å²) in [5.74, 6) is 0.461.